The van der Waals surface area contributed by atoms with E-state index < -0.39 is 4.92 Å². The number of rotatable bonds is 5. The minimum atomic E-state index is -0.428. The molecule has 2 atom stereocenters. The standard InChI is InChI=1S/C12H17N3O2S/c1-2-18-11-5-3-4-10(11)14-12-7-6-9(8-13-12)15(16)17/h6-8,10-11H,2-5H2,1H3,(H,13,14). The number of pyridine rings is 1. The molecule has 0 spiro atoms. The summed E-state index contributed by atoms with van der Waals surface area (Å²) in [5, 5.41) is 14.6. The molecule has 6 heteroatoms. The molecule has 0 aliphatic heterocycles. The number of aromatic nitrogens is 1. The van der Waals surface area contributed by atoms with Crippen LogP contribution in [-0.2, 0) is 0 Å². The number of nitrogens with one attached hydrogen (secondary N) is 1. The molecule has 2 unspecified atom stereocenters. The van der Waals surface area contributed by atoms with Crippen LogP contribution in [-0.4, -0.2) is 27.0 Å². The molecular formula is C12H17N3O2S. The summed E-state index contributed by atoms with van der Waals surface area (Å²) in [5.41, 5.74) is 0.0338. The number of nitro groups is 1. The van der Waals surface area contributed by atoms with Crippen molar-refractivity contribution in [3.63, 3.8) is 0 Å². The van der Waals surface area contributed by atoms with Gasteiger partial charge in [-0.2, -0.15) is 11.8 Å². The second-order valence-electron chi connectivity index (χ2n) is 4.33. The molecule has 1 fully saturated rings. The van der Waals surface area contributed by atoms with Crippen molar-refractivity contribution >= 4 is 23.3 Å². The third kappa shape index (κ3) is 3.13. The quantitative estimate of drug-likeness (QED) is 0.656. The molecule has 1 saturated carbocycles. The van der Waals surface area contributed by atoms with Crippen LogP contribution in [0.25, 0.3) is 0 Å². The summed E-state index contributed by atoms with van der Waals surface area (Å²) >= 11 is 1.98. The number of hydrogen-bond donors (Lipinski definition) is 1. The van der Waals surface area contributed by atoms with E-state index in [-0.39, 0.29) is 5.69 Å². The Morgan fingerprint density at radius 3 is 3.00 bits per heavy atom. The fraction of sp³-hybridized carbons (Fsp3) is 0.583. The van der Waals surface area contributed by atoms with Crippen molar-refractivity contribution in [2.75, 3.05) is 11.1 Å². The first-order valence-electron chi connectivity index (χ1n) is 6.19. The maximum Gasteiger partial charge on any atom is 0.287 e. The van der Waals surface area contributed by atoms with Crippen LogP contribution in [0.1, 0.15) is 26.2 Å². The lowest BCUT2D eigenvalue weighted by Gasteiger charge is -2.20. The summed E-state index contributed by atoms with van der Waals surface area (Å²) < 4.78 is 0. The van der Waals surface area contributed by atoms with Gasteiger partial charge in [0, 0.05) is 17.4 Å². The Labute approximate surface area is 111 Å². The van der Waals surface area contributed by atoms with Crippen LogP contribution in [0.4, 0.5) is 11.5 Å². The average molecular weight is 267 g/mol. The molecule has 1 aromatic heterocycles. The lowest BCUT2D eigenvalue weighted by molar-refractivity contribution is -0.385. The molecule has 1 aliphatic carbocycles. The third-order valence-corrected chi connectivity index (χ3v) is 4.45. The van der Waals surface area contributed by atoms with Gasteiger partial charge in [0.25, 0.3) is 5.69 Å². The Kier molecular flexibility index (Phi) is 4.41. The van der Waals surface area contributed by atoms with Crippen LogP contribution in [0, 0.1) is 10.1 Å². The summed E-state index contributed by atoms with van der Waals surface area (Å²) in [5.74, 6) is 1.85. The van der Waals surface area contributed by atoms with Gasteiger partial charge in [-0.3, -0.25) is 10.1 Å². The highest BCUT2D eigenvalue weighted by Crippen LogP contribution is 2.31. The highest BCUT2D eigenvalue weighted by molar-refractivity contribution is 7.99. The smallest absolute Gasteiger partial charge is 0.287 e. The van der Waals surface area contributed by atoms with Gasteiger partial charge in [-0.15, -0.1) is 0 Å². The molecule has 1 aromatic rings. The van der Waals surface area contributed by atoms with E-state index in [1.54, 1.807) is 6.07 Å². The fourth-order valence-corrected chi connectivity index (χ4v) is 3.47. The van der Waals surface area contributed by atoms with Gasteiger partial charge in [-0.25, -0.2) is 4.98 Å². The molecule has 1 heterocycles. The highest BCUT2D eigenvalue weighted by Gasteiger charge is 2.27. The Hall–Kier alpha value is -1.30. The van der Waals surface area contributed by atoms with E-state index in [4.69, 9.17) is 0 Å². The Morgan fingerprint density at radius 1 is 1.56 bits per heavy atom. The van der Waals surface area contributed by atoms with Crippen molar-refractivity contribution < 1.29 is 4.92 Å². The van der Waals surface area contributed by atoms with Crippen LogP contribution in [0.3, 0.4) is 0 Å². The second kappa shape index (κ2) is 6.04. The van der Waals surface area contributed by atoms with E-state index in [9.17, 15) is 10.1 Å². The van der Waals surface area contributed by atoms with Crippen molar-refractivity contribution in [3.8, 4) is 0 Å². The van der Waals surface area contributed by atoms with Crippen LogP contribution in [0.2, 0.25) is 0 Å². The number of nitrogens with zero attached hydrogens (tertiary/aromatic N) is 2. The van der Waals surface area contributed by atoms with Crippen molar-refractivity contribution in [1.82, 2.24) is 4.98 Å². The van der Waals surface area contributed by atoms with Gasteiger partial charge in [0.05, 0.1) is 4.92 Å². The first kappa shape index (κ1) is 13.1. The monoisotopic (exact) mass is 267 g/mol. The Bertz CT molecular complexity index is 410. The Morgan fingerprint density at radius 2 is 2.39 bits per heavy atom. The van der Waals surface area contributed by atoms with Crippen LogP contribution >= 0.6 is 11.8 Å². The molecule has 0 radical (unpaired) electrons. The second-order valence-corrected chi connectivity index (χ2v) is 5.85. The first-order valence-corrected chi connectivity index (χ1v) is 7.24. The lowest BCUT2D eigenvalue weighted by Crippen LogP contribution is -2.26. The molecule has 0 amide bonds. The SMILES string of the molecule is CCSC1CCCC1Nc1ccc([N+](=O)[O-])cn1. The first-order chi connectivity index (χ1) is 8.70. The zero-order chi connectivity index (χ0) is 13.0. The maximum atomic E-state index is 10.5. The van der Waals surface area contributed by atoms with Gasteiger partial charge < -0.3 is 5.32 Å². The summed E-state index contributed by atoms with van der Waals surface area (Å²) in [6, 6.07) is 3.61. The number of hydrogen-bond acceptors (Lipinski definition) is 5. The molecule has 5 nitrogen and oxygen atoms in total. The van der Waals surface area contributed by atoms with E-state index in [0.29, 0.717) is 11.3 Å². The summed E-state index contributed by atoms with van der Waals surface area (Å²) in [6.45, 7) is 2.17. The van der Waals surface area contributed by atoms with Gasteiger partial charge >= 0.3 is 0 Å². The van der Waals surface area contributed by atoms with Gasteiger partial charge in [0.15, 0.2) is 0 Å². The summed E-state index contributed by atoms with van der Waals surface area (Å²) in [4.78, 5) is 14.2. The van der Waals surface area contributed by atoms with Crippen molar-refractivity contribution in [2.24, 2.45) is 0 Å². The number of anilines is 1. The average Bonchev–Trinajstić information content (AvgIpc) is 2.78. The Balaban J connectivity index is 1.98. The molecule has 1 N–H and O–H groups in total. The van der Waals surface area contributed by atoms with Gasteiger partial charge in [0.2, 0.25) is 0 Å². The molecular weight excluding hydrogens is 250 g/mol. The molecule has 0 bridgehead atoms. The van der Waals surface area contributed by atoms with E-state index in [0.717, 1.165) is 18.0 Å². The lowest BCUT2D eigenvalue weighted by atomic mass is 10.2. The summed E-state index contributed by atoms with van der Waals surface area (Å²) in [7, 11) is 0. The largest absolute Gasteiger partial charge is 0.366 e. The van der Waals surface area contributed by atoms with Gasteiger partial charge in [-0.1, -0.05) is 13.3 Å². The minimum Gasteiger partial charge on any atom is -0.366 e. The predicted octanol–water partition coefficient (Wildman–Crippen LogP) is 3.08. The molecule has 1 aliphatic rings. The maximum absolute atomic E-state index is 10.5. The van der Waals surface area contributed by atoms with Crippen LogP contribution in [0.5, 0.6) is 0 Å². The zero-order valence-corrected chi connectivity index (χ0v) is 11.2. The van der Waals surface area contributed by atoms with Gasteiger partial charge in [-0.05, 0) is 24.7 Å². The van der Waals surface area contributed by atoms with E-state index in [1.165, 1.54) is 25.1 Å². The van der Waals surface area contributed by atoms with E-state index in [2.05, 4.69) is 17.2 Å². The van der Waals surface area contributed by atoms with Crippen molar-refractivity contribution in [1.29, 1.82) is 0 Å². The van der Waals surface area contributed by atoms with Crippen molar-refractivity contribution in [2.45, 2.75) is 37.5 Å². The predicted molar refractivity (Wildman–Crippen MR) is 74.1 cm³/mol. The number of thioether (sulfide) groups is 1. The third-order valence-electron chi connectivity index (χ3n) is 3.13. The normalized spacial score (nSPS) is 22.9. The molecule has 2 rings (SSSR count). The zero-order valence-electron chi connectivity index (χ0n) is 10.3. The van der Waals surface area contributed by atoms with E-state index in [1.807, 2.05) is 11.8 Å². The fourth-order valence-electron chi connectivity index (χ4n) is 2.27. The van der Waals surface area contributed by atoms with Gasteiger partial charge in [0.1, 0.15) is 12.0 Å². The molecule has 98 valence electrons. The molecule has 18 heavy (non-hydrogen) atoms. The topological polar surface area (TPSA) is 68.1 Å². The molecule has 0 aromatic carbocycles. The summed E-state index contributed by atoms with van der Waals surface area (Å²) in [6.07, 6.45) is 4.93. The minimum absolute atomic E-state index is 0.0338. The van der Waals surface area contributed by atoms with Crippen LogP contribution < -0.4 is 5.32 Å². The van der Waals surface area contributed by atoms with Crippen molar-refractivity contribution in [3.05, 3.63) is 28.4 Å². The van der Waals surface area contributed by atoms with E-state index >= 15 is 0 Å². The highest BCUT2D eigenvalue weighted by atomic mass is 32.2. The molecule has 0 saturated heterocycles. The van der Waals surface area contributed by atoms with Crippen LogP contribution in [0.15, 0.2) is 18.3 Å².